The van der Waals surface area contributed by atoms with Crippen molar-refractivity contribution in [3.05, 3.63) is 35.6 Å². The van der Waals surface area contributed by atoms with Crippen LogP contribution in [0.4, 0.5) is 4.39 Å². The fraction of sp³-hybridized carbons (Fsp3) is 0.500. The summed E-state index contributed by atoms with van der Waals surface area (Å²) < 4.78 is 18.1. The van der Waals surface area contributed by atoms with Gasteiger partial charge in [0, 0.05) is 11.9 Å². The predicted octanol–water partition coefficient (Wildman–Crippen LogP) is 2.70. The molecule has 0 N–H and O–H groups in total. The number of hydrogen-bond donors (Lipinski definition) is 1. The lowest BCUT2D eigenvalue weighted by molar-refractivity contribution is 0.0596. The zero-order chi connectivity index (χ0) is 10.7. The van der Waals surface area contributed by atoms with Crippen LogP contribution in [0.2, 0.25) is 0 Å². The van der Waals surface area contributed by atoms with Gasteiger partial charge in [-0.2, -0.15) is 12.6 Å². The molecule has 0 amide bonds. The molecule has 1 nitrogen and oxygen atoms in total. The molecule has 0 aliphatic carbocycles. The summed E-state index contributed by atoms with van der Waals surface area (Å²) in [4.78, 5) is 0. The molecule has 1 aromatic rings. The number of thiol groups is 1. The first-order valence-electron chi connectivity index (χ1n) is 5.26. The highest BCUT2D eigenvalue weighted by Gasteiger charge is 2.22. The Morgan fingerprint density at radius 2 is 2.07 bits per heavy atom. The zero-order valence-corrected chi connectivity index (χ0v) is 9.42. The van der Waals surface area contributed by atoms with Gasteiger partial charge in [0.25, 0.3) is 0 Å². The average molecular weight is 226 g/mol. The summed E-state index contributed by atoms with van der Waals surface area (Å²) >= 11 is 4.55. The Labute approximate surface area is 95.0 Å². The van der Waals surface area contributed by atoms with Crippen molar-refractivity contribution in [3.63, 3.8) is 0 Å². The quantitative estimate of drug-likeness (QED) is 0.763. The van der Waals surface area contributed by atoms with E-state index in [1.54, 1.807) is 0 Å². The number of hydrogen-bond acceptors (Lipinski definition) is 2. The second-order valence-electron chi connectivity index (χ2n) is 4.02. The van der Waals surface area contributed by atoms with Crippen LogP contribution in [0.25, 0.3) is 0 Å². The van der Waals surface area contributed by atoms with Crippen molar-refractivity contribution in [1.82, 2.24) is 0 Å². The van der Waals surface area contributed by atoms with Crippen LogP contribution in [0.15, 0.2) is 24.3 Å². The number of benzene rings is 1. The Hall–Kier alpha value is -0.540. The number of halogens is 1. The van der Waals surface area contributed by atoms with Gasteiger partial charge >= 0.3 is 0 Å². The number of ether oxygens (including phenoxy) is 1. The van der Waals surface area contributed by atoms with Crippen LogP contribution >= 0.6 is 12.6 Å². The van der Waals surface area contributed by atoms with E-state index in [0.29, 0.717) is 11.2 Å². The fourth-order valence-electron chi connectivity index (χ4n) is 1.90. The Bertz CT molecular complexity index is 312. The Balaban J connectivity index is 1.98. The van der Waals surface area contributed by atoms with Gasteiger partial charge in [0.2, 0.25) is 0 Å². The highest BCUT2D eigenvalue weighted by Crippen LogP contribution is 2.23. The van der Waals surface area contributed by atoms with Gasteiger partial charge in [-0.1, -0.05) is 12.1 Å². The van der Waals surface area contributed by atoms with Crippen molar-refractivity contribution in [1.29, 1.82) is 0 Å². The SMILES string of the molecule is Fc1ccc(C[C@H]2COCC[C@H]2S)cc1. The van der Waals surface area contributed by atoms with Gasteiger partial charge in [-0.3, -0.25) is 0 Å². The highest BCUT2D eigenvalue weighted by molar-refractivity contribution is 7.81. The molecule has 1 saturated heterocycles. The maximum atomic E-state index is 12.7. The third-order valence-electron chi connectivity index (χ3n) is 2.85. The fourth-order valence-corrected chi connectivity index (χ4v) is 2.20. The van der Waals surface area contributed by atoms with Crippen LogP contribution in [0.5, 0.6) is 0 Å². The Kier molecular flexibility index (Phi) is 3.65. The molecule has 0 unspecified atom stereocenters. The molecule has 0 bridgehead atoms. The smallest absolute Gasteiger partial charge is 0.123 e. The van der Waals surface area contributed by atoms with E-state index in [0.717, 1.165) is 31.6 Å². The molecule has 1 fully saturated rings. The van der Waals surface area contributed by atoms with Crippen LogP contribution in [-0.4, -0.2) is 18.5 Å². The lowest BCUT2D eigenvalue weighted by Gasteiger charge is -2.28. The van der Waals surface area contributed by atoms with Gasteiger partial charge < -0.3 is 4.74 Å². The van der Waals surface area contributed by atoms with Crippen LogP contribution in [-0.2, 0) is 11.2 Å². The molecule has 0 radical (unpaired) electrons. The molecule has 82 valence electrons. The molecule has 2 atom stereocenters. The van der Waals surface area contributed by atoms with Crippen LogP contribution in [0, 0.1) is 11.7 Å². The third-order valence-corrected chi connectivity index (χ3v) is 3.53. The normalized spacial score (nSPS) is 26.5. The van der Waals surface area contributed by atoms with E-state index in [9.17, 15) is 4.39 Å². The van der Waals surface area contributed by atoms with E-state index in [1.807, 2.05) is 12.1 Å². The van der Waals surface area contributed by atoms with Crippen LogP contribution in [0.1, 0.15) is 12.0 Å². The maximum Gasteiger partial charge on any atom is 0.123 e. The molecule has 1 aromatic carbocycles. The number of rotatable bonds is 2. The minimum Gasteiger partial charge on any atom is -0.381 e. The molecular formula is C12H15FOS. The molecule has 0 spiro atoms. The molecule has 0 aromatic heterocycles. The molecular weight excluding hydrogens is 211 g/mol. The molecule has 0 saturated carbocycles. The topological polar surface area (TPSA) is 9.23 Å². The summed E-state index contributed by atoms with van der Waals surface area (Å²) in [6, 6.07) is 6.69. The molecule has 3 heteroatoms. The summed E-state index contributed by atoms with van der Waals surface area (Å²) in [7, 11) is 0. The molecule has 2 rings (SSSR count). The highest BCUT2D eigenvalue weighted by atomic mass is 32.1. The molecule has 1 aliphatic heterocycles. The van der Waals surface area contributed by atoms with Crippen molar-refractivity contribution in [2.24, 2.45) is 5.92 Å². The Morgan fingerprint density at radius 1 is 1.33 bits per heavy atom. The van der Waals surface area contributed by atoms with Gasteiger partial charge in [-0.15, -0.1) is 0 Å². The second kappa shape index (κ2) is 4.99. The minimum atomic E-state index is -0.180. The molecule has 15 heavy (non-hydrogen) atoms. The van der Waals surface area contributed by atoms with E-state index in [2.05, 4.69) is 12.6 Å². The minimum absolute atomic E-state index is 0.180. The average Bonchev–Trinajstić information content (AvgIpc) is 2.25. The van der Waals surface area contributed by atoms with Crippen molar-refractivity contribution in [3.8, 4) is 0 Å². The summed E-state index contributed by atoms with van der Waals surface area (Å²) in [6.45, 7) is 1.58. The summed E-state index contributed by atoms with van der Waals surface area (Å²) in [5.74, 6) is 0.272. The van der Waals surface area contributed by atoms with Crippen LogP contribution in [0.3, 0.4) is 0 Å². The second-order valence-corrected chi connectivity index (χ2v) is 4.68. The van der Waals surface area contributed by atoms with Crippen molar-refractivity contribution in [2.45, 2.75) is 18.1 Å². The molecule has 1 aliphatic rings. The largest absolute Gasteiger partial charge is 0.381 e. The van der Waals surface area contributed by atoms with Gasteiger partial charge in [0.15, 0.2) is 0 Å². The third kappa shape index (κ3) is 2.95. The summed E-state index contributed by atoms with van der Waals surface area (Å²) in [5.41, 5.74) is 1.16. The first-order valence-corrected chi connectivity index (χ1v) is 5.77. The van der Waals surface area contributed by atoms with Gasteiger partial charge in [0.05, 0.1) is 6.61 Å². The predicted molar refractivity (Wildman–Crippen MR) is 61.8 cm³/mol. The van der Waals surface area contributed by atoms with Gasteiger partial charge in [-0.05, 0) is 36.5 Å². The van der Waals surface area contributed by atoms with E-state index >= 15 is 0 Å². The van der Waals surface area contributed by atoms with Gasteiger partial charge in [0.1, 0.15) is 5.82 Å². The molecule has 1 heterocycles. The van der Waals surface area contributed by atoms with E-state index in [1.165, 1.54) is 12.1 Å². The first-order chi connectivity index (χ1) is 7.25. The van der Waals surface area contributed by atoms with E-state index in [-0.39, 0.29) is 5.82 Å². The standard InChI is InChI=1S/C12H15FOS/c13-11-3-1-9(2-4-11)7-10-8-14-6-5-12(10)15/h1-4,10,12,15H,5-8H2/t10-,12+/m0/s1. The van der Waals surface area contributed by atoms with Gasteiger partial charge in [-0.25, -0.2) is 4.39 Å². The maximum absolute atomic E-state index is 12.7. The van der Waals surface area contributed by atoms with E-state index in [4.69, 9.17) is 4.74 Å². The lowest BCUT2D eigenvalue weighted by Crippen LogP contribution is -2.29. The summed E-state index contributed by atoms with van der Waals surface area (Å²) in [6.07, 6.45) is 1.93. The van der Waals surface area contributed by atoms with Crippen LogP contribution < -0.4 is 0 Å². The van der Waals surface area contributed by atoms with E-state index < -0.39 is 0 Å². The monoisotopic (exact) mass is 226 g/mol. The van der Waals surface area contributed by atoms with Crippen molar-refractivity contribution >= 4 is 12.6 Å². The Morgan fingerprint density at radius 3 is 2.73 bits per heavy atom. The zero-order valence-electron chi connectivity index (χ0n) is 8.53. The van der Waals surface area contributed by atoms with Crippen molar-refractivity contribution in [2.75, 3.05) is 13.2 Å². The lowest BCUT2D eigenvalue weighted by atomic mass is 9.94. The summed E-state index contributed by atoms with van der Waals surface area (Å²) in [5, 5.41) is 0.406. The first kappa shape index (κ1) is 11.0. The van der Waals surface area contributed by atoms with Crippen molar-refractivity contribution < 1.29 is 9.13 Å².